The van der Waals surface area contributed by atoms with Gasteiger partial charge >= 0.3 is 5.97 Å². The Morgan fingerprint density at radius 1 is 0.767 bits per heavy atom. The van der Waals surface area contributed by atoms with E-state index in [1.54, 1.807) is 0 Å². The maximum Gasteiger partial charge on any atom is 0.338 e. The van der Waals surface area contributed by atoms with Crippen molar-refractivity contribution in [1.29, 1.82) is 0 Å². The minimum atomic E-state index is -0.320. The van der Waals surface area contributed by atoms with Crippen LogP contribution >= 0.6 is 0 Å². The number of carbonyl (C=O) groups excluding carboxylic acids is 1. The fraction of sp³-hybridized carbons (Fsp3) is 0.962. The van der Waals surface area contributed by atoms with Crippen molar-refractivity contribution >= 4 is 5.97 Å². The molecule has 4 unspecified atom stereocenters. The highest BCUT2D eigenvalue weighted by molar-refractivity contribution is 5.78. The third-order valence-corrected chi connectivity index (χ3v) is 6.92. The molecule has 0 spiro atoms. The van der Waals surface area contributed by atoms with Gasteiger partial charge in [-0.3, -0.25) is 0 Å². The van der Waals surface area contributed by atoms with Crippen LogP contribution in [-0.4, -0.2) is 36.5 Å². The molecule has 4 heteroatoms. The number of hydrogen-bond donors (Lipinski definition) is 0. The van der Waals surface area contributed by atoms with Crippen LogP contribution in [0.25, 0.3) is 0 Å². The van der Waals surface area contributed by atoms with Gasteiger partial charge in [0.1, 0.15) is 12.2 Å². The molecule has 2 saturated heterocycles. The Morgan fingerprint density at radius 2 is 1.33 bits per heavy atom. The summed E-state index contributed by atoms with van der Waals surface area (Å²) in [5.74, 6) is -0.187. The molecule has 0 aromatic rings. The van der Waals surface area contributed by atoms with Gasteiger partial charge < -0.3 is 14.2 Å². The van der Waals surface area contributed by atoms with Gasteiger partial charge in [0, 0.05) is 0 Å². The van der Waals surface area contributed by atoms with Crippen LogP contribution in [0.4, 0.5) is 0 Å². The summed E-state index contributed by atoms with van der Waals surface area (Å²) in [4.78, 5) is 12.2. The largest absolute Gasteiger partial charge is 0.461 e. The standard InChI is InChI=1S/C26H48O4/c1-4-7-8-9-10-11-12-13-14-15-16-17-18-20-22-24(29-22)25(27)28-21-26(6-3)23(30-26)19-5-2/h22-24H,4-21H2,1-3H3. The van der Waals surface area contributed by atoms with Crippen molar-refractivity contribution in [3.8, 4) is 0 Å². The van der Waals surface area contributed by atoms with Crippen molar-refractivity contribution in [3.63, 3.8) is 0 Å². The lowest BCUT2D eigenvalue weighted by atomic mass is 10.0. The Hall–Kier alpha value is -0.610. The molecule has 2 rings (SSSR count). The molecule has 0 radical (unpaired) electrons. The molecule has 30 heavy (non-hydrogen) atoms. The summed E-state index contributed by atoms with van der Waals surface area (Å²) in [6.07, 6.45) is 21.8. The van der Waals surface area contributed by atoms with Gasteiger partial charge in [-0.2, -0.15) is 0 Å². The zero-order valence-electron chi connectivity index (χ0n) is 20.1. The summed E-state index contributed by atoms with van der Waals surface area (Å²) in [7, 11) is 0. The molecule has 2 aliphatic rings. The van der Waals surface area contributed by atoms with Gasteiger partial charge in [-0.1, -0.05) is 111 Å². The minimum absolute atomic E-state index is 0.0920. The molecule has 0 amide bonds. The van der Waals surface area contributed by atoms with Gasteiger partial charge in [-0.05, 0) is 19.3 Å². The molecule has 0 aromatic heterocycles. The lowest BCUT2D eigenvalue weighted by molar-refractivity contribution is -0.147. The van der Waals surface area contributed by atoms with Gasteiger partial charge in [-0.25, -0.2) is 4.79 Å². The molecular formula is C26H48O4. The van der Waals surface area contributed by atoms with Crippen molar-refractivity contribution in [3.05, 3.63) is 0 Å². The number of esters is 1. The quantitative estimate of drug-likeness (QED) is 0.118. The second-order valence-corrected chi connectivity index (χ2v) is 9.55. The molecule has 2 heterocycles. The number of rotatable bonds is 20. The number of ether oxygens (including phenoxy) is 3. The summed E-state index contributed by atoms with van der Waals surface area (Å²) < 4.78 is 16.9. The third kappa shape index (κ3) is 9.26. The van der Waals surface area contributed by atoms with Crippen molar-refractivity contribution in [2.75, 3.05) is 6.61 Å². The van der Waals surface area contributed by atoms with Crippen LogP contribution in [0.15, 0.2) is 0 Å². The molecule has 4 nitrogen and oxygen atoms in total. The summed E-state index contributed by atoms with van der Waals surface area (Å²) in [5.41, 5.74) is -0.217. The van der Waals surface area contributed by atoms with E-state index in [9.17, 15) is 4.79 Å². The summed E-state index contributed by atoms with van der Waals surface area (Å²) in [6.45, 7) is 6.93. The Bertz CT molecular complexity index is 466. The zero-order chi connectivity index (χ0) is 21.7. The first-order valence-corrected chi connectivity index (χ1v) is 13.2. The third-order valence-electron chi connectivity index (χ3n) is 6.92. The fourth-order valence-corrected chi connectivity index (χ4v) is 4.58. The van der Waals surface area contributed by atoms with Crippen LogP contribution in [0.5, 0.6) is 0 Å². The molecule has 0 bridgehead atoms. The van der Waals surface area contributed by atoms with Crippen molar-refractivity contribution in [2.45, 2.75) is 154 Å². The average Bonchev–Trinajstić information content (AvgIpc) is 3.66. The Balaban J connectivity index is 1.37. The van der Waals surface area contributed by atoms with Gasteiger partial charge in [-0.15, -0.1) is 0 Å². The highest BCUT2D eigenvalue weighted by Gasteiger charge is 2.56. The van der Waals surface area contributed by atoms with Crippen molar-refractivity contribution in [2.24, 2.45) is 0 Å². The lowest BCUT2D eigenvalue weighted by Gasteiger charge is -2.10. The Labute approximate surface area is 185 Å². The number of hydrogen-bond acceptors (Lipinski definition) is 4. The van der Waals surface area contributed by atoms with Gasteiger partial charge in [0.2, 0.25) is 0 Å². The van der Waals surface area contributed by atoms with Crippen LogP contribution < -0.4 is 0 Å². The monoisotopic (exact) mass is 424 g/mol. The van der Waals surface area contributed by atoms with Crippen LogP contribution in [-0.2, 0) is 19.0 Å². The SMILES string of the molecule is CCCCCCCCCCCCCCCC1OC1C(=O)OCC1(CC)OC1CCC. The Morgan fingerprint density at radius 3 is 1.87 bits per heavy atom. The molecule has 2 fully saturated rings. The number of carbonyl (C=O) groups is 1. The maximum absolute atomic E-state index is 12.2. The lowest BCUT2D eigenvalue weighted by Crippen LogP contribution is -2.26. The van der Waals surface area contributed by atoms with E-state index < -0.39 is 0 Å². The molecule has 0 aromatic carbocycles. The highest BCUT2D eigenvalue weighted by Crippen LogP contribution is 2.43. The van der Waals surface area contributed by atoms with Crippen molar-refractivity contribution < 1.29 is 19.0 Å². The van der Waals surface area contributed by atoms with E-state index in [1.165, 1.54) is 77.0 Å². The summed E-state index contributed by atoms with van der Waals surface area (Å²) in [6, 6.07) is 0. The first-order chi connectivity index (χ1) is 14.7. The normalized spacial score (nSPS) is 27.2. The highest BCUT2D eigenvalue weighted by atomic mass is 16.7. The smallest absolute Gasteiger partial charge is 0.338 e. The first kappa shape index (κ1) is 25.6. The molecule has 176 valence electrons. The maximum atomic E-state index is 12.2. The average molecular weight is 425 g/mol. The van der Waals surface area contributed by atoms with E-state index >= 15 is 0 Å². The van der Waals surface area contributed by atoms with E-state index in [4.69, 9.17) is 14.2 Å². The summed E-state index contributed by atoms with van der Waals surface area (Å²) in [5, 5.41) is 0. The first-order valence-electron chi connectivity index (χ1n) is 13.2. The van der Waals surface area contributed by atoms with E-state index in [0.29, 0.717) is 6.61 Å². The van der Waals surface area contributed by atoms with E-state index in [0.717, 1.165) is 32.1 Å². The predicted molar refractivity (Wildman–Crippen MR) is 123 cm³/mol. The molecule has 4 atom stereocenters. The van der Waals surface area contributed by atoms with Gasteiger partial charge in [0.25, 0.3) is 0 Å². The van der Waals surface area contributed by atoms with Gasteiger partial charge in [0.05, 0.1) is 12.2 Å². The number of epoxide rings is 2. The zero-order valence-corrected chi connectivity index (χ0v) is 20.1. The van der Waals surface area contributed by atoms with Crippen molar-refractivity contribution in [1.82, 2.24) is 0 Å². The molecule has 0 aliphatic carbocycles. The second-order valence-electron chi connectivity index (χ2n) is 9.55. The van der Waals surface area contributed by atoms with Crippen LogP contribution in [0, 0.1) is 0 Å². The molecular weight excluding hydrogens is 376 g/mol. The van der Waals surface area contributed by atoms with E-state index in [1.807, 2.05) is 0 Å². The fourth-order valence-electron chi connectivity index (χ4n) is 4.58. The predicted octanol–water partition coefficient (Wildman–Crippen LogP) is 7.13. The number of unbranched alkanes of at least 4 members (excludes halogenated alkanes) is 12. The Kier molecular flexibility index (Phi) is 12.4. The molecule has 0 saturated carbocycles. The second kappa shape index (κ2) is 14.5. The van der Waals surface area contributed by atoms with E-state index in [-0.39, 0.29) is 29.9 Å². The van der Waals surface area contributed by atoms with Gasteiger partial charge in [0.15, 0.2) is 6.10 Å². The van der Waals surface area contributed by atoms with Crippen LogP contribution in [0.1, 0.15) is 130 Å². The van der Waals surface area contributed by atoms with Crippen LogP contribution in [0.2, 0.25) is 0 Å². The molecule has 0 N–H and O–H groups in total. The summed E-state index contributed by atoms with van der Waals surface area (Å²) >= 11 is 0. The topological polar surface area (TPSA) is 51.4 Å². The van der Waals surface area contributed by atoms with E-state index in [2.05, 4.69) is 20.8 Å². The minimum Gasteiger partial charge on any atom is -0.461 e. The molecule has 2 aliphatic heterocycles. The van der Waals surface area contributed by atoms with Crippen LogP contribution in [0.3, 0.4) is 0 Å².